The molecule has 2 aromatic rings. The predicted octanol–water partition coefficient (Wildman–Crippen LogP) is 3.54. The Labute approximate surface area is 161 Å². The molecule has 0 saturated heterocycles. The molecule has 1 amide bonds. The Morgan fingerprint density at radius 3 is 2.44 bits per heavy atom. The zero-order valence-corrected chi connectivity index (χ0v) is 16.4. The summed E-state index contributed by atoms with van der Waals surface area (Å²) in [6, 6.07) is 14.1. The first kappa shape index (κ1) is 19.6. The quantitative estimate of drug-likeness (QED) is 0.797. The van der Waals surface area contributed by atoms with Gasteiger partial charge in [0.25, 0.3) is 5.91 Å². The van der Waals surface area contributed by atoms with Crippen molar-refractivity contribution in [3.8, 4) is 0 Å². The van der Waals surface area contributed by atoms with Crippen LogP contribution in [-0.4, -0.2) is 20.4 Å². The molecule has 0 spiro atoms. The Kier molecular flexibility index (Phi) is 6.29. The summed E-state index contributed by atoms with van der Waals surface area (Å²) in [6.07, 6.45) is 5.00. The number of sulfonamides is 1. The number of hydrogen-bond acceptors (Lipinski definition) is 3. The topological polar surface area (TPSA) is 75.3 Å². The van der Waals surface area contributed by atoms with Crippen molar-refractivity contribution in [1.82, 2.24) is 10.0 Å². The fourth-order valence-corrected chi connectivity index (χ4v) is 4.65. The largest absolute Gasteiger partial charge is 0.348 e. The lowest BCUT2D eigenvalue weighted by atomic mass is 9.96. The SMILES string of the molecule is Cc1ccc(CNC(=O)c2cccc(S(=O)(=O)NC3CCCCC3)c2)cc1. The van der Waals surface area contributed by atoms with Gasteiger partial charge in [-0.1, -0.05) is 55.2 Å². The lowest BCUT2D eigenvalue weighted by molar-refractivity contribution is 0.0950. The number of benzene rings is 2. The Morgan fingerprint density at radius 1 is 1.04 bits per heavy atom. The van der Waals surface area contributed by atoms with Crippen molar-refractivity contribution in [3.05, 3.63) is 65.2 Å². The fourth-order valence-electron chi connectivity index (χ4n) is 3.30. The van der Waals surface area contributed by atoms with E-state index in [1.165, 1.54) is 12.1 Å². The van der Waals surface area contributed by atoms with Crippen LogP contribution in [0.3, 0.4) is 0 Å². The summed E-state index contributed by atoms with van der Waals surface area (Å²) in [7, 11) is -3.62. The van der Waals surface area contributed by atoms with Crippen LogP contribution in [0.25, 0.3) is 0 Å². The first-order valence-corrected chi connectivity index (χ1v) is 10.9. The van der Waals surface area contributed by atoms with Gasteiger partial charge >= 0.3 is 0 Å². The highest BCUT2D eigenvalue weighted by Gasteiger charge is 2.22. The van der Waals surface area contributed by atoms with E-state index < -0.39 is 10.0 Å². The van der Waals surface area contributed by atoms with E-state index >= 15 is 0 Å². The van der Waals surface area contributed by atoms with Gasteiger partial charge in [-0.05, 0) is 43.5 Å². The van der Waals surface area contributed by atoms with Crippen molar-refractivity contribution in [3.63, 3.8) is 0 Å². The Bertz CT molecular complexity index is 886. The van der Waals surface area contributed by atoms with E-state index in [4.69, 9.17) is 0 Å². The van der Waals surface area contributed by atoms with E-state index in [-0.39, 0.29) is 16.8 Å². The minimum Gasteiger partial charge on any atom is -0.348 e. The molecule has 2 N–H and O–H groups in total. The average molecular weight is 387 g/mol. The second-order valence-corrected chi connectivity index (χ2v) is 8.87. The normalized spacial score (nSPS) is 15.4. The molecule has 6 heteroatoms. The van der Waals surface area contributed by atoms with Gasteiger partial charge in [0.15, 0.2) is 0 Å². The Hall–Kier alpha value is -2.18. The Morgan fingerprint density at radius 2 is 1.74 bits per heavy atom. The highest BCUT2D eigenvalue weighted by molar-refractivity contribution is 7.89. The van der Waals surface area contributed by atoms with Crippen LogP contribution in [0.1, 0.15) is 53.6 Å². The number of nitrogens with one attached hydrogen (secondary N) is 2. The third-order valence-corrected chi connectivity index (χ3v) is 6.43. The number of carbonyl (C=O) groups excluding carboxylic acids is 1. The smallest absolute Gasteiger partial charge is 0.251 e. The van der Waals surface area contributed by atoms with Crippen molar-refractivity contribution in [2.45, 2.75) is 56.5 Å². The van der Waals surface area contributed by atoms with Gasteiger partial charge in [0, 0.05) is 18.2 Å². The second-order valence-electron chi connectivity index (χ2n) is 7.15. The zero-order chi connectivity index (χ0) is 19.3. The summed E-state index contributed by atoms with van der Waals surface area (Å²) in [5, 5.41) is 2.84. The summed E-state index contributed by atoms with van der Waals surface area (Å²) in [5.74, 6) is -0.287. The standard InChI is InChI=1S/C21H26N2O3S/c1-16-10-12-17(13-11-16)15-22-21(24)18-6-5-9-20(14-18)27(25,26)23-19-7-3-2-4-8-19/h5-6,9-14,19,23H,2-4,7-8,15H2,1H3,(H,22,24). The van der Waals surface area contributed by atoms with Gasteiger partial charge in [-0.15, -0.1) is 0 Å². The van der Waals surface area contributed by atoms with Crippen molar-refractivity contribution in [2.75, 3.05) is 0 Å². The van der Waals surface area contributed by atoms with Gasteiger partial charge < -0.3 is 5.32 Å². The summed E-state index contributed by atoms with van der Waals surface area (Å²) in [6.45, 7) is 2.41. The molecule has 1 aliphatic rings. The van der Waals surface area contributed by atoms with Crippen LogP contribution in [-0.2, 0) is 16.6 Å². The van der Waals surface area contributed by atoms with Crippen LogP contribution < -0.4 is 10.0 Å². The maximum absolute atomic E-state index is 12.6. The van der Waals surface area contributed by atoms with Crippen molar-refractivity contribution in [2.24, 2.45) is 0 Å². The third-order valence-electron chi connectivity index (χ3n) is 4.91. The molecule has 0 aromatic heterocycles. The van der Waals surface area contributed by atoms with Gasteiger partial charge in [-0.25, -0.2) is 13.1 Å². The monoisotopic (exact) mass is 386 g/mol. The van der Waals surface area contributed by atoms with Gasteiger partial charge in [0.2, 0.25) is 10.0 Å². The first-order chi connectivity index (χ1) is 12.9. The number of rotatable bonds is 6. The van der Waals surface area contributed by atoms with Crippen LogP contribution in [0, 0.1) is 6.92 Å². The highest BCUT2D eigenvalue weighted by atomic mass is 32.2. The molecular weight excluding hydrogens is 360 g/mol. The fraction of sp³-hybridized carbons (Fsp3) is 0.381. The van der Waals surface area contributed by atoms with Crippen LogP contribution in [0.2, 0.25) is 0 Å². The minimum absolute atomic E-state index is 0.0113. The summed E-state index contributed by atoms with van der Waals surface area (Å²) in [4.78, 5) is 12.6. The molecule has 0 aliphatic heterocycles. The molecule has 0 radical (unpaired) electrons. The van der Waals surface area contributed by atoms with Crippen molar-refractivity contribution < 1.29 is 13.2 Å². The van der Waals surface area contributed by atoms with E-state index in [9.17, 15) is 13.2 Å². The lowest BCUT2D eigenvalue weighted by Gasteiger charge is -2.22. The van der Waals surface area contributed by atoms with Crippen molar-refractivity contribution >= 4 is 15.9 Å². The molecule has 3 rings (SSSR count). The molecule has 5 nitrogen and oxygen atoms in total. The molecular formula is C21H26N2O3S. The summed E-state index contributed by atoms with van der Waals surface area (Å²) < 4.78 is 28.1. The van der Waals surface area contributed by atoms with Gasteiger partial charge in [0.1, 0.15) is 0 Å². The van der Waals surface area contributed by atoms with E-state index in [1.807, 2.05) is 31.2 Å². The van der Waals surface area contributed by atoms with Gasteiger partial charge in [-0.3, -0.25) is 4.79 Å². The molecule has 27 heavy (non-hydrogen) atoms. The molecule has 0 heterocycles. The van der Waals surface area contributed by atoms with Crippen LogP contribution in [0.15, 0.2) is 53.4 Å². The predicted molar refractivity (Wildman–Crippen MR) is 106 cm³/mol. The first-order valence-electron chi connectivity index (χ1n) is 9.40. The minimum atomic E-state index is -3.62. The lowest BCUT2D eigenvalue weighted by Crippen LogP contribution is -2.36. The average Bonchev–Trinajstić information content (AvgIpc) is 2.68. The van der Waals surface area contributed by atoms with E-state index in [1.54, 1.807) is 12.1 Å². The molecule has 0 atom stereocenters. The van der Waals surface area contributed by atoms with Crippen LogP contribution >= 0.6 is 0 Å². The zero-order valence-electron chi connectivity index (χ0n) is 15.6. The second kappa shape index (κ2) is 8.67. The third kappa shape index (κ3) is 5.40. The number of hydrogen-bond donors (Lipinski definition) is 2. The number of carbonyl (C=O) groups is 1. The van der Waals surface area contributed by atoms with E-state index in [0.717, 1.165) is 43.2 Å². The number of amides is 1. The number of aryl methyl sites for hydroxylation is 1. The summed E-state index contributed by atoms with van der Waals surface area (Å²) >= 11 is 0. The molecule has 2 aromatic carbocycles. The van der Waals surface area contributed by atoms with Crippen LogP contribution in [0.4, 0.5) is 0 Å². The van der Waals surface area contributed by atoms with Gasteiger partial charge in [-0.2, -0.15) is 0 Å². The molecule has 0 bridgehead atoms. The molecule has 144 valence electrons. The summed E-state index contributed by atoms with van der Waals surface area (Å²) in [5.41, 5.74) is 2.50. The molecule has 0 unspecified atom stereocenters. The highest BCUT2D eigenvalue weighted by Crippen LogP contribution is 2.20. The maximum atomic E-state index is 12.6. The molecule has 1 aliphatic carbocycles. The molecule has 1 fully saturated rings. The van der Waals surface area contributed by atoms with E-state index in [2.05, 4.69) is 10.0 Å². The van der Waals surface area contributed by atoms with Gasteiger partial charge in [0.05, 0.1) is 4.90 Å². The van der Waals surface area contributed by atoms with Crippen LogP contribution in [0.5, 0.6) is 0 Å². The van der Waals surface area contributed by atoms with Crippen molar-refractivity contribution in [1.29, 1.82) is 0 Å². The van der Waals surface area contributed by atoms with E-state index in [0.29, 0.717) is 12.1 Å². The molecule has 1 saturated carbocycles. The Balaban J connectivity index is 1.66. The maximum Gasteiger partial charge on any atom is 0.251 e.